The van der Waals surface area contributed by atoms with Gasteiger partial charge in [0.15, 0.2) is 5.82 Å². The maximum Gasteiger partial charge on any atom is 0.293 e. The van der Waals surface area contributed by atoms with E-state index >= 15 is 0 Å². The summed E-state index contributed by atoms with van der Waals surface area (Å²) in [5.74, 6) is 0.290. The summed E-state index contributed by atoms with van der Waals surface area (Å²) < 4.78 is 1.69. The minimum absolute atomic E-state index is 0.122. The first-order valence-electron chi connectivity index (χ1n) is 10.2. The molecule has 7 nitrogen and oxygen atoms in total. The van der Waals surface area contributed by atoms with Crippen LogP contribution in [0.3, 0.4) is 0 Å². The average molecular weight is 425 g/mol. The summed E-state index contributed by atoms with van der Waals surface area (Å²) >= 11 is 0. The molecule has 4 aromatic rings. The standard InChI is InChI=1S/C25H23N5O2/c1-26-24(31)20-15-13-18(14-16-20)17-29(2)25(32)22-27-23(19-9-5-3-6-10-19)30(28-22)21-11-7-4-8-12-21/h3-16H,17H2,1-2H3,(H,26,31). The monoisotopic (exact) mass is 425 g/mol. The van der Waals surface area contributed by atoms with Crippen LogP contribution in [0.4, 0.5) is 0 Å². The van der Waals surface area contributed by atoms with Gasteiger partial charge in [0.2, 0.25) is 5.82 Å². The van der Waals surface area contributed by atoms with E-state index in [0.29, 0.717) is 17.9 Å². The van der Waals surface area contributed by atoms with Gasteiger partial charge in [-0.2, -0.15) is 0 Å². The molecule has 1 heterocycles. The van der Waals surface area contributed by atoms with Gasteiger partial charge >= 0.3 is 0 Å². The molecule has 0 saturated carbocycles. The van der Waals surface area contributed by atoms with Crippen molar-refractivity contribution in [1.29, 1.82) is 0 Å². The molecule has 4 rings (SSSR count). The lowest BCUT2D eigenvalue weighted by Gasteiger charge is -2.15. The van der Waals surface area contributed by atoms with E-state index in [4.69, 9.17) is 0 Å². The minimum Gasteiger partial charge on any atom is -0.355 e. The van der Waals surface area contributed by atoms with Gasteiger partial charge in [0.25, 0.3) is 11.8 Å². The van der Waals surface area contributed by atoms with E-state index in [1.807, 2.05) is 72.8 Å². The Labute approximate surface area is 186 Å². The predicted molar refractivity (Wildman–Crippen MR) is 122 cm³/mol. The van der Waals surface area contributed by atoms with Crippen molar-refractivity contribution in [2.45, 2.75) is 6.54 Å². The highest BCUT2D eigenvalue weighted by Gasteiger charge is 2.21. The Morgan fingerprint density at radius 3 is 2.16 bits per heavy atom. The van der Waals surface area contributed by atoms with Gasteiger partial charge in [-0.25, -0.2) is 9.67 Å². The zero-order chi connectivity index (χ0) is 22.5. The summed E-state index contributed by atoms with van der Waals surface area (Å²) in [5, 5.41) is 7.12. The Morgan fingerprint density at radius 1 is 0.906 bits per heavy atom. The number of carbonyl (C=O) groups excluding carboxylic acids is 2. The smallest absolute Gasteiger partial charge is 0.293 e. The van der Waals surface area contributed by atoms with Gasteiger partial charge in [-0.15, -0.1) is 5.10 Å². The van der Waals surface area contributed by atoms with Gasteiger partial charge in [-0.3, -0.25) is 9.59 Å². The van der Waals surface area contributed by atoms with E-state index in [9.17, 15) is 9.59 Å². The highest BCUT2D eigenvalue weighted by atomic mass is 16.2. The highest BCUT2D eigenvalue weighted by molar-refractivity contribution is 5.94. The fraction of sp³-hybridized carbons (Fsp3) is 0.120. The summed E-state index contributed by atoms with van der Waals surface area (Å²) in [6, 6.07) is 26.4. The van der Waals surface area contributed by atoms with Crippen LogP contribution in [-0.4, -0.2) is 45.6 Å². The molecular formula is C25H23N5O2. The third-order valence-corrected chi connectivity index (χ3v) is 5.04. The van der Waals surface area contributed by atoms with Crippen molar-refractivity contribution in [2.24, 2.45) is 0 Å². The number of para-hydroxylation sites is 1. The molecule has 0 fully saturated rings. The number of nitrogens with one attached hydrogen (secondary N) is 1. The second-order valence-electron chi connectivity index (χ2n) is 7.31. The first-order valence-corrected chi connectivity index (χ1v) is 10.2. The number of carbonyl (C=O) groups is 2. The van der Waals surface area contributed by atoms with Crippen molar-refractivity contribution in [1.82, 2.24) is 25.0 Å². The molecule has 32 heavy (non-hydrogen) atoms. The van der Waals surface area contributed by atoms with Crippen molar-refractivity contribution >= 4 is 11.8 Å². The van der Waals surface area contributed by atoms with Crippen molar-refractivity contribution in [3.63, 3.8) is 0 Å². The van der Waals surface area contributed by atoms with Crippen LogP contribution in [0.5, 0.6) is 0 Å². The SMILES string of the molecule is CNC(=O)c1ccc(CN(C)C(=O)c2nc(-c3ccccc3)n(-c3ccccc3)n2)cc1. The number of benzene rings is 3. The van der Waals surface area contributed by atoms with Gasteiger partial charge in [0, 0.05) is 31.8 Å². The normalized spacial score (nSPS) is 10.6. The molecule has 7 heteroatoms. The van der Waals surface area contributed by atoms with E-state index in [2.05, 4.69) is 15.4 Å². The molecule has 160 valence electrons. The Morgan fingerprint density at radius 2 is 1.53 bits per heavy atom. The lowest BCUT2D eigenvalue weighted by Crippen LogP contribution is -2.27. The van der Waals surface area contributed by atoms with Crippen LogP contribution in [0.15, 0.2) is 84.9 Å². The number of nitrogens with zero attached hydrogens (tertiary/aromatic N) is 4. The van der Waals surface area contributed by atoms with Gasteiger partial charge in [0.05, 0.1) is 5.69 Å². The van der Waals surface area contributed by atoms with Crippen LogP contribution in [-0.2, 0) is 6.54 Å². The number of amides is 2. The molecule has 0 aliphatic rings. The maximum absolute atomic E-state index is 13.1. The molecule has 0 atom stereocenters. The number of hydrogen-bond donors (Lipinski definition) is 1. The second kappa shape index (κ2) is 9.26. The molecule has 0 radical (unpaired) electrons. The summed E-state index contributed by atoms with van der Waals surface area (Å²) in [6.07, 6.45) is 0. The first kappa shape index (κ1) is 21.0. The fourth-order valence-electron chi connectivity index (χ4n) is 3.35. The zero-order valence-corrected chi connectivity index (χ0v) is 17.9. The van der Waals surface area contributed by atoms with E-state index in [1.54, 1.807) is 35.8 Å². The first-order chi connectivity index (χ1) is 15.6. The molecule has 0 spiro atoms. The minimum atomic E-state index is -0.285. The van der Waals surface area contributed by atoms with Crippen LogP contribution in [0, 0.1) is 0 Å². The van der Waals surface area contributed by atoms with Gasteiger partial charge in [-0.1, -0.05) is 60.7 Å². The molecular weight excluding hydrogens is 402 g/mol. The highest BCUT2D eigenvalue weighted by Crippen LogP contribution is 2.21. The predicted octanol–water partition coefficient (Wildman–Crippen LogP) is 3.57. The Bertz CT molecular complexity index is 1160. The average Bonchev–Trinajstić information content (AvgIpc) is 3.30. The summed E-state index contributed by atoms with van der Waals surface area (Å²) in [4.78, 5) is 31.0. The number of aromatic nitrogens is 3. The van der Waals surface area contributed by atoms with E-state index in [-0.39, 0.29) is 17.6 Å². The van der Waals surface area contributed by atoms with Crippen molar-refractivity contribution < 1.29 is 9.59 Å². The largest absolute Gasteiger partial charge is 0.355 e. The van der Waals surface area contributed by atoms with Crippen LogP contribution < -0.4 is 5.32 Å². The second-order valence-corrected chi connectivity index (χ2v) is 7.31. The fourth-order valence-corrected chi connectivity index (χ4v) is 3.35. The van der Waals surface area contributed by atoms with Crippen LogP contribution in [0.2, 0.25) is 0 Å². The summed E-state index contributed by atoms with van der Waals surface area (Å²) in [7, 11) is 3.30. The molecule has 2 amide bonds. The third kappa shape index (κ3) is 4.41. The molecule has 0 saturated heterocycles. The Hall–Kier alpha value is -4.26. The van der Waals surface area contributed by atoms with Crippen molar-refractivity contribution in [3.05, 3.63) is 102 Å². The molecule has 1 aromatic heterocycles. The van der Waals surface area contributed by atoms with Crippen LogP contribution >= 0.6 is 0 Å². The quantitative estimate of drug-likeness (QED) is 0.512. The van der Waals surface area contributed by atoms with E-state index in [0.717, 1.165) is 16.8 Å². The van der Waals surface area contributed by atoms with E-state index < -0.39 is 0 Å². The van der Waals surface area contributed by atoms with Crippen molar-refractivity contribution in [3.8, 4) is 17.1 Å². The summed E-state index contributed by atoms with van der Waals surface area (Å²) in [6.45, 7) is 0.368. The maximum atomic E-state index is 13.1. The molecule has 3 aromatic carbocycles. The Balaban J connectivity index is 1.61. The number of hydrogen-bond acceptors (Lipinski definition) is 4. The molecule has 1 N–H and O–H groups in total. The lowest BCUT2D eigenvalue weighted by atomic mass is 10.1. The number of rotatable bonds is 6. The lowest BCUT2D eigenvalue weighted by molar-refractivity contribution is 0.0772. The molecule has 0 unspecified atom stereocenters. The van der Waals surface area contributed by atoms with Gasteiger partial charge < -0.3 is 10.2 Å². The van der Waals surface area contributed by atoms with Crippen molar-refractivity contribution in [2.75, 3.05) is 14.1 Å². The van der Waals surface area contributed by atoms with E-state index in [1.165, 1.54) is 0 Å². The molecule has 0 aliphatic carbocycles. The molecule has 0 bridgehead atoms. The van der Waals surface area contributed by atoms with Gasteiger partial charge in [-0.05, 0) is 29.8 Å². The van der Waals surface area contributed by atoms with Crippen LogP contribution in [0.1, 0.15) is 26.5 Å². The summed E-state index contributed by atoms with van der Waals surface area (Å²) in [5.41, 5.74) is 3.17. The topological polar surface area (TPSA) is 80.1 Å². The molecule has 0 aliphatic heterocycles. The Kier molecular flexibility index (Phi) is 6.07. The van der Waals surface area contributed by atoms with Crippen LogP contribution in [0.25, 0.3) is 17.1 Å². The zero-order valence-electron chi connectivity index (χ0n) is 17.9. The van der Waals surface area contributed by atoms with Gasteiger partial charge in [0.1, 0.15) is 0 Å². The third-order valence-electron chi connectivity index (χ3n) is 5.04.